The Balaban J connectivity index is 1.71. The van der Waals surface area contributed by atoms with Gasteiger partial charge in [-0.25, -0.2) is 13.1 Å². The zero-order valence-electron chi connectivity index (χ0n) is 18.9. The summed E-state index contributed by atoms with van der Waals surface area (Å²) >= 11 is 0. The summed E-state index contributed by atoms with van der Waals surface area (Å²) in [5.74, 6) is 0.324. The predicted octanol–water partition coefficient (Wildman–Crippen LogP) is 4.48. The van der Waals surface area contributed by atoms with Crippen molar-refractivity contribution in [2.75, 3.05) is 23.4 Å². The number of benzene rings is 3. The third-order valence-corrected chi connectivity index (χ3v) is 5.72. The molecule has 34 heavy (non-hydrogen) atoms. The Hall–Kier alpha value is -4.11. The molecule has 2 N–H and O–H groups in total. The van der Waals surface area contributed by atoms with E-state index in [4.69, 9.17) is 4.74 Å². The van der Waals surface area contributed by atoms with Crippen LogP contribution < -0.4 is 14.8 Å². The van der Waals surface area contributed by atoms with E-state index in [9.17, 15) is 13.2 Å². The predicted molar refractivity (Wildman–Crippen MR) is 133 cm³/mol. The normalized spacial score (nSPS) is 11.1. The van der Waals surface area contributed by atoms with Crippen molar-refractivity contribution >= 4 is 27.3 Å². The van der Waals surface area contributed by atoms with Gasteiger partial charge in [-0.2, -0.15) is 5.10 Å². The number of amides is 1. The molecule has 0 bridgehead atoms. The highest BCUT2D eigenvalue weighted by Crippen LogP contribution is 2.27. The number of hydrogen-bond donors (Lipinski definition) is 2. The lowest BCUT2D eigenvalue weighted by Gasteiger charge is -2.11. The van der Waals surface area contributed by atoms with Gasteiger partial charge in [0.1, 0.15) is 11.4 Å². The summed E-state index contributed by atoms with van der Waals surface area (Å²) in [6.07, 6.45) is 2.75. The number of anilines is 2. The number of sulfonamides is 1. The van der Waals surface area contributed by atoms with Gasteiger partial charge in [-0.15, -0.1) is 0 Å². The van der Waals surface area contributed by atoms with E-state index in [2.05, 4.69) is 15.1 Å². The minimum Gasteiger partial charge on any atom is -0.497 e. The van der Waals surface area contributed by atoms with Crippen LogP contribution in [0, 0.1) is 6.92 Å². The van der Waals surface area contributed by atoms with Gasteiger partial charge in [0.25, 0.3) is 5.91 Å². The molecule has 0 radical (unpaired) electrons. The van der Waals surface area contributed by atoms with Crippen LogP contribution in [0.15, 0.2) is 79.0 Å². The van der Waals surface area contributed by atoms with Gasteiger partial charge >= 0.3 is 0 Å². The first-order chi connectivity index (χ1) is 16.2. The van der Waals surface area contributed by atoms with E-state index < -0.39 is 10.0 Å². The smallest absolute Gasteiger partial charge is 0.259 e. The fourth-order valence-corrected chi connectivity index (χ4v) is 4.04. The Bertz CT molecular complexity index is 1430. The number of para-hydroxylation sites is 1. The molecular formula is C25H24N4O4S. The van der Waals surface area contributed by atoms with E-state index in [1.807, 2.05) is 54.6 Å². The van der Waals surface area contributed by atoms with Gasteiger partial charge in [0, 0.05) is 17.4 Å². The summed E-state index contributed by atoms with van der Waals surface area (Å²) < 4.78 is 32.7. The van der Waals surface area contributed by atoms with Crippen molar-refractivity contribution in [2.24, 2.45) is 0 Å². The molecule has 1 amide bonds. The van der Waals surface area contributed by atoms with Gasteiger partial charge in [0.15, 0.2) is 0 Å². The molecule has 0 aliphatic carbocycles. The summed E-state index contributed by atoms with van der Waals surface area (Å²) in [7, 11) is -1.87. The van der Waals surface area contributed by atoms with E-state index >= 15 is 0 Å². The average Bonchev–Trinajstić information content (AvgIpc) is 3.27. The Kier molecular flexibility index (Phi) is 6.38. The molecule has 8 nitrogen and oxygen atoms in total. The largest absolute Gasteiger partial charge is 0.497 e. The number of carbonyl (C=O) groups is 1. The maximum atomic E-state index is 13.3. The molecular weight excluding hydrogens is 452 g/mol. The summed E-state index contributed by atoms with van der Waals surface area (Å²) in [5.41, 5.74) is 4.03. The second kappa shape index (κ2) is 9.40. The molecule has 1 heterocycles. The highest BCUT2D eigenvalue weighted by Gasteiger charge is 2.19. The Morgan fingerprint density at radius 1 is 1.00 bits per heavy atom. The minimum absolute atomic E-state index is 0.368. The number of aryl methyl sites for hydroxylation is 1. The third kappa shape index (κ3) is 5.26. The van der Waals surface area contributed by atoms with Crippen LogP contribution in [0.1, 0.15) is 15.9 Å². The SMILES string of the molecule is COc1ccc(-c2nn(-c3ccccc3)cc2C(=O)Nc2ccc(C)c(NS(C)(=O)=O)c2)cc1. The van der Waals surface area contributed by atoms with Crippen LogP contribution in [-0.4, -0.2) is 37.5 Å². The number of ether oxygens (including phenoxy) is 1. The van der Waals surface area contributed by atoms with Crippen molar-refractivity contribution in [1.82, 2.24) is 9.78 Å². The van der Waals surface area contributed by atoms with Crippen LogP contribution in [0.4, 0.5) is 11.4 Å². The molecule has 9 heteroatoms. The van der Waals surface area contributed by atoms with Crippen molar-refractivity contribution in [3.8, 4) is 22.7 Å². The fraction of sp³-hybridized carbons (Fsp3) is 0.120. The molecule has 0 saturated heterocycles. The molecule has 4 aromatic rings. The Labute approximate surface area is 198 Å². The van der Waals surface area contributed by atoms with Crippen molar-refractivity contribution in [2.45, 2.75) is 6.92 Å². The fourth-order valence-electron chi connectivity index (χ4n) is 3.42. The molecule has 1 aromatic heterocycles. The third-order valence-electron chi connectivity index (χ3n) is 5.13. The number of nitrogens with one attached hydrogen (secondary N) is 2. The summed E-state index contributed by atoms with van der Waals surface area (Å²) in [6, 6.07) is 21.8. The second-order valence-corrected chi connectivity index (χ2v) is 9.51. The van der Waals surface area contributed by atoms with E-state index in [1.165, 1.54) is 0 Å². The van der Waals surface area contributed by atoms with Crippen LogP contribution in [0.5, 0.6) is 5.75 Å². The standard InChI is InChI=1S/C25H24N4O4S/c1-17-9-12-19(15-23(17)28-34(3,31)32)26-25(30)22-16-29(20-7-5-4-6-8-20)27-24(22)18-10-13-21(33-2)14-11-18/h4-16,28H,1-3H3,(H,26,30). The lowest BCUT2D eigenvalue weighted by atomic mass is 10.1. The zero-order valence-corrected chi connectivity index (χ0v) is 19.8. The summed E-state index contributed by atoms with van der Waals surface area (Å²) in [4.78, 5) is 13.3. The highest BCUT2D eigenvalue weighted by atomic mass is 32.2. The first-order valence-corrected chi connectivity index (χ1v) is 12.3. The van der Waals surface area contributed by atoms with Gasteiger partial charge in [0.05, 0.1) is 30.3 Å². The van der Waals surface area contributed by atoms with Crippen LogP contribution in [0.25, 0.3) is 16.9 Å². The van der Waals surface area contributed by atoms with E-state index in [0.717, 1.165) is 23.1 Å². The van der Waals surface area contributed by atoms with Crippen LogP contribution in [0.2, 0.25) is 0 Å². The highest BCUT2D eigenvalue weighted by molar-refractivity contribution is 7.92. The molecule has 0 unspecified atom stereocenters. The maximum Gasteiger partial charge on any atom is 0.259 e. The molecule has 0 spiro atoms. The van der Waals surface area contributed by atoms with Gasteiger partial charge in [-0.3, -0.25) is 9.52 Å². The molecule has 0 fully saturated rings. The minimum atomic E-state index is -3.46. The van der Waals surface area contributed by atoms with Gasteiger partial charge in [-0.05, 0) is 61.0 Å². The van der Waals surface area contributed by atoms with E-state index in [1.54, 1.807) is 43.1 Å². The second-order valence-electron chi connectivity index (χ2n) is 7.76. The summed E-state index contributed by atoms with van der Waals surface area (Å²) in [6.45, 7) is 1.78. The van der Waals surface area contributed by atoms with Gasteiger partial charge in [0.2, 0.25) is 10.0 Å². The summed E-state index contributed by atoms with van der Waals surface area (Å²) in [5, 5.41) is 7.53. The quantitative estimate of drug-likeness (QED) is 0.409. The van der Waals surface area contributed by atoms with Crippen molar-refractivity contribution in [3.05, 3.63) is 90.1 Å². The number of rotatable bonds is 7. The van der Waals surface area contributed by atoms with Crippen LogP contribution in [-0.2, 0) is 10.0 Å². The Morgan fingerprint density at radius 2 is 1.71 bits per heavy atom. The first kappa shape index (κ1) is 23.1. The molecule has 174 valence electrons. The molecule has 0 saturated carbocycles. The molecule has 0 aliphatic rings. The number of aromatic nitrogens is 2. The van der Waals surface area contributed by atoms with Gasteiger partial charge < -0.3 is 10.1 Å². The first-order valence-electron chi connectivity index (χ1n) is 10.4. The molecule has 0 atom stereocenters. The number of nitrogens with zero attached hydrogens (tertiary/aromatic N) is 2. The Morgan fingerprint density at radius 3 is 2.35 bits per heavy atom. The van der Waals surface area contributed by atoms with Crippen molar-refractivity contribution in [1.29, 1.82) is 0 Å². The monoisotopic (exact) mass is 476 g/mol. The maximum absolute atomic E-state index is 13.3. The van der Waals surface area contributed by atoms with Crippen molar-refractivity contribution in [3.63, 3.8) is 0 Å². The lowest BCUT2D eigenvalue weighted by molar-refractivity contribution is 0.102. The molecule has 4 rings (SSSR count). The topological polar surface area (TPSA) is 102 Å². The number of carbonyl (C=O) groups excluding carboxylic acids is 1. The van der Waals surface area contributed by atoms with E-state index in [-0.39, 0.29) is 5.91 Å². The van der Waals surface area contributed by atoms with Crippen LogP contribution in [0.3, 0.4) is 0 Å². The van der Waals surface area contributed by atoms with Gasteiger partial charge in [-0.1, -0.05) is 24.3 Å². The molecule has 0 aliphatic heterocycles. The van der Waals surface area contributed by atoms with E-state index in [0.29, 0.717) is 28.4 Å². The lowest BCUT2D eigenvalue weighted by Crippen LogP contribution is -2.14. The number of hydrogen-bond acceptors (Lipinski definition) is 5. The molecule has 3 aromatic carbocycles. The number of methoxy groups -OCH3 is 1. The van der Waals surface area contributed by atoms with Crippen LogP contribution >= 0.6 is 0 Å². The zero-order chi connectivity index (χ0) is 24.3. The van der Waals surface area contributed by atoms with Crippen molar-refractivity contribution < 1.29 is 17.9 Å². The average molecular weight is 477 g/mol.